The number of halogens is 1. The van der Waals surface area contributed by atoms with Crippen LogP contribution in [-0.4, -0.2) is 5.11 Å². The molecular formula is C15H13FN2O. The second kappa shape index (κ2) is 5.98. The van der Waals surface area contributed by atoms with E-state index in [9.17, 15) is 9.50 Å². The van der Waals surface area contributed by atoms with Gasteiger partial charge in [-0.2, -0.15) is 5.26 Å². The number of hydrogen-bond acceptors (Lipinski definition) is 3. The van der Waals surface area contributed by atoms with Crippen molar-refractivity contribution in [2.45, 2.75) is 13.1 Å². The van der Waals surface area contributed by atoms with E-state index in [2.05, 4.69) is 11.4 Å². The third-order valence-electron chi connectivity index (χ3n) is 2.80. The minimum atomic E-state index is -0.613. The van der Waals surface area contributed by atoms with Crippen molar-refractivity contribution in [1.29, 1.82) is 5.26 Å². The molecule has 0 fully saturated rings. The van der Waals surface area contributed by atoms with Gasteiger partial charge in [0.05, 0.1) is 11.6 Å². The average molecular weight is 256 g/mol. The van der Waals surface area contributed by atoms with Crippen molar-refractivity contribution in [2.24, 2.45) is 0 Å². The quantitative estimate of drug-likeness (QED) is 0.884. The smallest absolute Gasteiger partial charge is 0.165 e. The van der Waals surface area contributed by atoms with Gasteiger partial charge in [-0.25, -0.2) is 4.39 Å². The lowest BCUT2D eigenvalue weighted by molar-refractivity contribution is 0.423. The van der Waals surface area contributed by atoms with Gasteiger partial charge in [-0.1, -0.05) is 24.3 Å². The van der Waals surface area contributed by atoms with E-state index in [0.717, 1.165) is 5.56 Å². The molecule has 0 heterocycles. The second-order valence-electron chi connectivity index (χ2n) is 4.16. The summed E-state index contributed by atoms with van der Waals surface area (Å²) in [6, 6.07) is 13.7. The fourth-order valence-electron chi connectivity index (χ4n) is 1.74. The number of nitrogens with zero attached hydrogens (tertiary/aromatic N) is 1. The maximum Gasteiger partial charge on any atom is 0.165 e. The van der Waals surface area contributed by atoms with Crippen LogP contribution in [0.25, 0.3) is 0 Å². The third kappa shape index (κ3) is 3.30. The standard InChI is InChI=1S/C15H13FN2O/c16-14-3-1-2-13(15(14)19)10-18-9-12-6-4-11(8-17)5-7-12/h1-7,18-19H,9-10H2. The number of para-hydroxylation sites is 1. The predicted octanol–water partition coefficient (Wildman–Crippen LogP) is 2.69. The molecule has 0 aromatic heterocycles. The van der Waals surface area contributed by atoms with Crippen LogP contribution in [0.1, 0.15) is 16.7 Å². The van der Waals surface area contributed by atoms with Crippen molar-refractivity contribution in [3.8, 4) is 11.8 Å². The molecule has 0 unspecified atom stereocenters. The Morgan fingerprint density at radius 1 is 1.11 bits per heavy atom. The molecule has 2 rings (SSSR count). The van der Waals surface area contributed by atoms with E-state index < -0.39 is 5.82 Å². The Morgan fingerprint density at radius 2 is 1.84 bits per heavy atom. The molecule has 96 valence electrons. The van der Waals surface area contributed by atoms with Gasteiger partial charge in [0.15, 0.2) is 11.6 Å². The molecule has 2 aromatic carbocycles. The summed E-state index contributed by atoms with van der Waals surface area (Å²) in [7, 11) is 0. The number of rotatable bonds is 4. The number of nitriles is 1. The van der Waals surface area contributed by atoms with Crippen molar-refractivity contribution in [3.05, 3.63) is 65.0 Å². The van der Waals surface area contributed by atoms with E-state index in [-0.39, 0.29) is 5.75 Å². The zero-order chi connectivity index (χ0) is 13.7. The SMILES string of the molecule is N#Cc1ccc(CNCc2cccc(F)c2O)cc1. The Hall–Kier alpha value is -2.38. The van der Waals surface area contributed by atoms with Gasteiger partial charge in [0.2, 0.25) is 0 Å². The van der Waals surface area contributed by atoms with Crippen molar-refractivity contribution in [2.75, 3.05) is 0 Å². The minimum Gasteiger partial charge on any atom is -0.505 e. The summed E-state index contributed by atoms with van der Waals surface area (Å²) in [5.41, 5.74) is 2.16. The van der Waals surface area contributed by atoms with Crippen molar-refractivity contribution >= 4 is 0 Å². The van der Waals surface area contributed by atoms with Gasteiger partial charge in [0.25, 0.3) is 0 Å². The van der Waals surface area contributed by atoms with E-state index in [4.69, 9.17) is 5.26 Å². The van der Waals surface area contributed by atoms with Crippen molar-refractivity contribution in [1.82, 2.24) is 5.32 Å². The normalized spacial score (nSPS) is 10.1. The molecule has 0 spiro atoms. The highest BCUT2D eigenvalue weighted by molar-refractivity contribution is 5.34. The zero-order valence-electron chi connectivity index (χ0n) is 10.2. The maximum absolute atomic E-state index is 13.1. The van der Waals surface area contributed by atoms with Crippen LogP contribution in [0.5, 0.6) is 5.75 Å². The third-order valence-corrected chi connectivity index (χ3v) is 2.80. The number of nitrogens with one attached hydrogen (secondary N) is 1. The van der Waals surface area contributed by atoms with E-state index in [1.54, 1.807) is 24.3 Å². The lowest BCUT2D eigenvalue weighted by Crippen LogP contribution is -2.12. The molecule has 19 heavy (non-hydrogen) atoms. The summed E-state index contributed by atoms with van der Waals surface area (Å²) in [6.45, 7) is 0.964. The fraction of sp³-hybridized carbons (Fsp3) is 0.133. The molecule has 0 aliphatic rings. The lowest BCUT2D eigenvalue weighted by Gasteiger charge is -2.07. The van der Waals surface area contributed by atoms with Gasteiger partial charge < -0.3 is 10.4 Å². The molecule has 4 heteroatoms. The van der Waals surface area contributed by atoms with Crippen LogP contribution in [0.3, 0.4) is 0 Å². The van der Waals surface area contributed by atoms with E-state index in [1.165, 1.54) is 6.07 Å². The number of benzene rings is 2. The largest absolute Gasteiger partial charge is 0.505 e. The Balaban J connectivity index is 1.93. The van der Waals surface area contributed by atoms with E-state index in [1.807, 2.05) is 12.1 Å². The maximum atomic E-state index is 13.1. The van der Waals surface area contributed by atoms with Gasteiger partial charge in [-0.3, -0.25) is 0 Å². The summed E-state index contributed by atoms with van der Waals surface area (Å²) < 4.78 is 13.1. The van der Waals surface area contributed by atoms with Crippen LogP contribution in [0.15, 0.2) is 42.5 Å². The van der Waals surface area contributed by atoms with Crippen LogP contribution in [0.2, 0.25) is 0 Å². The Labute approximate surface area is 110 Å². The summed E-state index contributed by atoms with van der Waals surface area (Å²) >= 11 is 0. The van der Waals surface area contributed by atoms with Gasteiger partial charge in [-0.15, -0.1) is 0 Å². The molecule has 2 N–H and O–H groups in total. The highest BCUT2D eigenvalue weighted by Gasteiger charge is 2.05. The summed E-state index contributed by atoms with van der Waals surface area (Å²) in [5, 5.41) is 21.3. The van der Waals surface area contributed by atoms with Gasteiger partial charge >= 0.3 is 0 Å². The van der Waals surface area contributed by atoms with Crippen LogP contribution >= 0.6 is 0 Å². The minimum absolute atomic E-state index is 0.310. The summed E-state index contributed by atoms with van der Waals surface area (Å²) in [5.74, 6) is -0.924. The van der Waals surface area contributed by atoms with Crippen LogP contribution in [0.4, 0.5) is 4.39 Å². The Morgan fingerprint density at radius 3 is 2.53 bits per heavy atom. The lowest BCUT2D eigenvalue weighted by atomic mass is 10.1. The van der Waals surface area contributed by atoms with Crippen molar-refractivity contribution in [3.63, 3.8) is 0 Å². The highest BCUT2D eigenvalue weighted by atomic mass is 19.1. The summed E-state index contributed by atoms with van der Waals surface area (Å²) in [6.07, 6.45) is 0. The number of phenols is 1. The first-order chi connectivity index (χ1) is 9.20. The van der Waals surface area contributed by atoms with Gasteiger partial charge in [0.1, 0.15) is 0 Å². The summed E-state index contributed by atoms with van der Waals surface area (Å²) in [4.78, 5) is 0. The highest BCUT2D eigenvalue weighted by Crippen LogP contribution is 2.20. The molecule has 0 saturated carbocycles. The predicted molar refractivity (Wildman–Crippen MR) is 69.8 cm³/mol. The molecule has 0 bridgehead atoms. The Kier molecular flexibility index (Phi) is 4.11. The topological polar surface area (TPSA) is 56.0 Å². The number of phenolic OH excluding ortho intramolecular Hbond substituents is 1. The average Bonchev–Trinajstić information content (AvgIpc) is 2.44. The molecule has 0 aliphatic heterocycles. The molecule has 0 amide bonds. The van der Waals surface area contributed by atoms with Gasteiger partial charge in [-0.05, 0) is 23.8 Å². The second-order valence-corrected chi connectivity index (χ2v) is 4.16. The molecule has 3 nitrogen and oxygen atoms in total. The molecule has 0 saturated heterocycles. The first-order valence-corrected chi connectivity index (χ1v) is 5.87. The van der Waals surface area contributed by atoms with E-state index >= 15 is 0 Å². The molecule has 0 atom stereocenters. The molecule has 0 radical (unpaired) electrons. The number of aromatic hydroxyl groups is 1. The number of hydrogen-bond donors (Lipinski definition) is 2. The van der Waals surface area contributed by atoms with Crippen LogP contribution in [-0.2, 0) is 13.1 Å². The zero-order valence-corrected chi connectivity index (χ0v) is 10.2. The first-order valence-electron chi connectivity index (χ1n) is 5.87. The molecular weight excluding hydrogens is 243 g/mol. The monoisotopic (exact) mass is 256 g/mol. The fourth-order valence-corrected chi connectivity index (χ4v) is 1.74. The van der Waals surface area contributed by atoms with E-state index in [0.29, 0.717) is 24.2 Å². The first kappa shape index (κ1) is 13.1. The van der Waals surface area contributed by atoms with Crippen LogP contribution in [0, 0.1) is 17.1 Å². The Bertz CT molecular complexity index is 603. The van der Waals surface area contributed by atoms with Gasteiger partial charge in [0, 0.05) is 18.7 Å². The molecule has 0 aliphatic carbocycles. The van der Waals surface area contributed by atoms with Crippen LogP contribution < -0.4 is 5.32 Å². The molecule has 2 aromatic rings. The van der Waals surface area contributed by atoms with Crippen molar-refractivity contribution < 1.29 is 9.50 Å².